The fourth-order valence-electron chi connectivity index (χ4n) is 5.97. The van der Waals surface area contributed by atoms with Crippen molar-refractivity contribution in [2.24, 2.45) is 0 Å². The van der Waals surface area contributed by atoms with Gasteiger partial charge >= 0.3 is 6.03 Å². The number of aromatic nitrogens is 6. The highest BCUT2D eigenvalue weighted by Crippen LogP contribution is 2.42. The van der Waals surface area contributed by atoms with Gasteiger partial charge in [0.15, 0.2) is 5.82 Å². The summed E-state index contributed by atoms with van der Waals surface area (Å²) in [6.07, 6.45) is 5.46. The number of nitrogens with one attached hydrogen (secondary N) is 1. The van der Waals surface area contributed by atoms with E-state index in [2.05, 4.69) is 20.5 Å². The molecule has 6 rings (SSSR count). The smallest absolute Gasteiger partial charge is 0.320 e. The Morgan fingerprint density at radius 2 is 1.77 bits per heavy atom. The van der Waals surface area contributed by atoms with Crippen LogP contribution < -0.4 is 5.32 Å². The van der Waals surface area contributed by atoms with Crippen molar-refractivity contribution >= 4 is 17.8 Å². The zero-order valence-electron chi connectivity index (χ0n) is 26.0. The van der Waals surface area contributed by atoms with Gasteiger partial charge in [0.1, 0.15) is 23.7 Å². The Hall–Kier alpha value is -4.61. The van der Waals surface area contributed by atoms with Gasteiger partial charge in [-0.25, -0.2) is 19.2 Å². The molecule has 11 nitrogen and oxygen atoms in total. The lowest BCUT2D eigenvalue weighted by Crippen LogP contribution is -2.49. The van der Waals surface area contributed by atoms with E-state index in [4.69, 9.17) is 4.98 Å². The highest BCUT2D eigenvalue weighted by atomic mass is 19.1. The average molecular weight is 600 g/mol. The van der Waals surface area contributed by atoms with Gasteiger partial charge in [0.25, 0.3) is 5.91 Å². The number of carbonyl (C=O) groups excluding carboxylic acids is 2. The lowest BCUT2D eigenvalue weighted by atomic mass is 10.1. The minimum Gasteiger partial charge on any atom is -0.320 e. The third-order valence-corrected chi connectivity index (χ3v) is 8.19. The molecular formula is C32H38FN9O2. The molecule has 1 aromatic carbocycles. The monoisotopic (exact) mass is 599 g/mol. The first-order valence-electron chi connectivity index (χ1n) is 15.2. The van der Waals surface area contributed by atoms with Crippen LogP contribution in [0.15, 0.2) is 43.0 Å². The highest BCUT2D eigenvalue weighted by molar-refractivity contribution is 6.04. The van der Waals surface area contributed by atoms with E-state index in [1.54, 1.807) is 41.8 Å². The number of imidazole rings is 1. The molecule has 0 atom stereocenters. The number of carbonyl (C=O) groups is 2. The zero-order valence-corrected chi connectivity index (χ0v) is 26.0. The number of hydrogen-bond acceptors (Lipinski definition) is 6. The molecule has 3 amide bonds. The molecule has 0 bridgehead atoms. The van der Waals surface area contributed by atoms with E-state index in [0.29, 0.717) is 35.2 Å². The van der Waals surface area contributed by atoms with Crippen LogP contribution in [-0.4, -0.2) is 63.1 Å². The number of urea groups is 1. The molecule has 0 saturated heterocycles. The van der Waals surface area contributed by atoms with Gasteiger partial charge < -0.3 is 24.3 Å². The van der Waals surface area contributed by atoms with E-state index in [1.165, 1.54) is 6.07 Å². The van der Waals surface area contributed by atoms with Crippen LogP contribution in [-0.2, 0) is 13.1 Å². The number of hydrogen-bond donors (Lipinski definition) is 1. The topological polar surface area (TPSA) is 114 Å². The number of anilines is 1. The van der Waals surface area contributed by atoms with Gasteiger partial charge in [0, 0.05) is 24.0 Å². The van der Waals surface area contributed by atoms with E-state index in [0.717, 1.165) is 24.2 Å². The van der Waals surface area contributed by atoms with Gasteiger partial charge in [-0.1, -0.05) is 6.07 Å². The molecular weight excluding hydrogens is 561 g/mol. The third-order valence-electron chi connectivity index (χ3n) is 8.19. The molecule has 0 spiro atoms. The van der Waals surface area contributed by atoms with Crippen molar-refractivity contribution in [3.05, 3.63) is 71.3 Å². The fraction of sp³-hybridized carbons (Fsp3) is 0.438. The van der Waals surface area contributed by atoms with Crippen LogP contribution in [0.3, 0.4) is 0 Å². The van der Waals surface area contributed by atoms with Gasteiger partial charge in [0.2, 0.25) is 0 Å². The molecule has 230 valence electrons. The van der Waals surface area contributed by atoms with E-state index in [-0.39, 0.29) is 42.1 Å². The maximum atomic E-state index is 15.7. The van der Waals surface area contributed by atoms with E-state index in [9.17, 15) is 9.59 Å². The minimum atomic E-state index is -0.681. The van der Waals surface area contributed by atoms with Gasteiger partial charge in [-0.3, -0.25) is 4.79 Å². The molecule has 12 heteroatoms. The molecule has 4 aromatic rings. The Balaban J connectivity index is 1.35. The van der Waals surface area contributed by atoms with Crippen LogP contribution in [0.5, 0.6) is 0 Å². The van der Waals surface area contributed by atoms with E-state index in [1.807, 2.05) is 55.6 Å². The molecule has 0 radical (unpaired) electrons. The van der Waals surface area contributed by atoms with Crippen molar-refractivity contribution in [3.63, 3.8) is 0 Å². The molecule has 1 fully saturated rings. The zero-order chi connectivity index (χ0) is 31.3. The van der Waals surface area contributed by atoms with Crippen LogP contribution in [0, 0.1) is 5.82 Å². The summed E-state index contributed by atoms with van der Waals surface area (Å²) in [6.45, 7) is 12.5. The lowest BCUT2D eigenvalue weighted by Gasteiger charge is -2.35. The van der Waals surface area contributed by atoms with Crippen LogP contribution in [0.1, 0.15) is 93.7 Å². The number of halogens is 1. The molecule has 3 aromatic heterocycles. The predicted octanol–water partition coefficient (Wildman–Crippen LogP) is 5.93. The third kappa shape index (κ3) is 5.44. The summed E-state index contributed by atoms with van der Waals surface area (Å²) >= 11 is 0. The lowest BCUT2D eigenvalue weighted by molar-refractivity contribution is 0.102. The normalized spacial score (nSPS) is 14.5. The first-order chi connectivity index (χ1) is 21.0. The van der Waals surface area contributed by atoms with Gasteiger partial charge in [0.05, 0.1) is 42.1 Å². The van der Waals surface area contributed by atoms with Crippen LogP contribution >= 0.6 is 0 Å². The summed E-state index contributed by atoms with van der Waals surface area (Å²) in [5, 5.41) is 10.9. The number of rotatable bonds is 7. The number of nitrogens with zero attached hydrogens (tertiary/aromatic N) is 8. The molecule has 2 aliphatic rings. The van der Waals surface area contributed by atoms with Gasteiger partial charge in [-0.2, -0.15) is 0 Å². The Labute approximate surface area is 256 Å². The quantitative estimate of drug-likeness (QED) is 0.282. The summed E-state index contributed by atoms with van der Waals surface area (Å²) in [7, 11) is 0. The number of benzene rings is 1. The second-order valence-electron chi connectivity index (χ2n) is 12.4. The molecule has 4 heterocycles. The first kappa shape index (κ1) is 29.5. The van der Waals surface area contributed by atoms with Crippen molar-refractivity contribution in [1.82, 2.24) is 39.1 Å². The molecule has 1 aliphatic carbocycles. The van der Waals surface area contributed by atoms with E-state index >= 15 is 4.39 Å². The Morgan fingerprint density at radius 1 is 1.02 bits per heavy atom. The first-order valence-corrected chi connectivity index (χ1v) is 15.2. The largest absolute Gasteiger partial charge is 0.321 e. The van der Waals surface area contributed by atoms with Crippen molar-refractivity contribution in [1.29, 1.82) is 0 Å². The Kier molecular flexibility index (Phi) is 7.68. The summed E-state index contributed by atoms with van der Waals surface area (Å²) in [6, 6.07) is 8.10. The Morgan fingerprint density at radius 3 is 2.45 bits per heavy atom. The molecule has 1 aliphatic heterocycles. The number of pyridine rings is 1. The maximum Gasteiger partial charge on any atom is 0.321 e. The fourth-order valence-corrected chi connectivity index (χ4v) is 5.97. The Bertz CT molecular complexity index is 1710. The van der Waals surface area contributed by atoms with Gasteiger partial charge in [-0.15, -0.1) is 10.2 Å². The van der Waals surface area contributed by atoms with Crippen molar-refractivity contribution in [2.45, 2.75) is 91.5 Å². The summed E-state index contributed by atoms with van der Waals surface area (Å²) < 4.78 is 19.5. The molecule has 44 heavy (non-hydrogen) atoms. The average Bonchev–Trinajstić information content (AvgIpc) is 3.57. The second-order valence-corrected chi connectivity index (χ2v) is 12.4. The summed E-state index contributed by atoms with van der Waals surface area (Å²) in [5.41, 5.74) is 3.50. The highest BCUT2D eigenvalue weighted by Gasteiger charge is 2.35. The van der Waals surface area contributed by atoms with Crippen LogP contribution in [0.2, 0.25) is 0 Å². The van der Waals surface area contributed by atoms with Crippen molar-refractivity contribution in [3.8, 4) is 17.2 Å². The molecule has 1 N–H and O–H groups in total. The molecule has 1 saturated carbocycles. The van der Waals surface area contributed by atoms with Gasteiger partial charge in [-0.05, 0) is 84.2 Å². The minimum absolute atomic E-state index is 0.00494. The SMILES string of the molecule is CC(C)N(C(=O)N1Cc2cc(F)c(C(=O)Nc3cccc(-c4nncn4C(C)C)n3)cc2-n2cnc(C3CC3)c2C1)C(C)C. The second kappa shape index (κ2) is 11.5. The number of amides is 3. The predicted molar refractivity (Wildman–Crippen MR) is 164 cm³/mol. The summed E-state index contributed by atoms with van der Waals surface area (Å²) in [5.74, 6) is -0.135. The van der Waals surface area contributed by atoms with E-state index < -0.39 is 11.7 Å². The van der Waals surface area contributed by atoms with Crippen LogP contribution in [0.4, 0.5) is 15.0 Å². The van der Waals surface area contributed by atoms with Crippen LogP contribution in [0.25, 0.3) is 17.2 Å². The maximum absolute atomic E-state index is 15.7. The van der Waals surface area contributed by atoms with Crippen molar-refractivity contribution in [2.75, 3.05) is 5.32 Å². The molecule has 0 unspecified atom stereocenters. The van der Waals surface area contributed by atoms with Crippen molar-refractivity contribution < 1.29 is 14.0 Å². The standard InChI is InChI=1S/C32H38FN9O2/c1-18(2)40-17-35-38-30(40)25-8-7-9-28(36-25)37-31(43)23-13-26-22(12-24(23)33)14-39(32(44)42(19(3)4)20(5)6)15-27-29(21-10-11-21)34-16-41(26)27/h7-9,12-13,16-21H,10-11,14-15H2,1-6H3,(H,36,37,43). The number of fused-ring (bicyclic) bond motifs is 3. The summed E-state index contributed by atoms with van der Waals surface area (Å²) in [4.78, 5) is 40.2.